The van der Waals surface area contributed by atoms with Crippen LogP contribution in [0.2, 0.25) is 0 Å². The molecule has 1 aliphatic rings. The summed E-state index contributed by atoms with van der Waals surface area (Å²) in [6.45, 7) is 0. The van der Waals surface area contributed by atoms with Gasteiger partial charge in [-0.05, 0) is 0 Å². The molecule has 4 heteroatoms. The van der Waals surface area contributed by atoms with Gasteiger partial charge in [0, 0.05) is 0 Å². The molecule has 0 aliphatic heterocycles. The van der Waals surface area contributed by atoms with Gasteiger partial charge in [-0.3, -0.25) is 6.08 Å². The second-order valence-corrected chi connectivity index (χ2v) is 1.00. The molecule has 0 amide bonds. The minimum absolute atomic E-state index is 0. The Kier molecular flexibility index (Phi) is 40.2. The van der Waals surface area contributed by atoms with Crippen LogP contribution in [0.3, 0.4) is 0 Å². The largest absolute Gasteiger partial charge is 4.00 e. The van der Waals surface area contributed by atoms with Gasteiger partial charge in [-0.25, -0.2) is 12.2 Å². The third-order valence-corrected chi connectivity index (χ3v) is 0.586. The molecule has 0 fully saturated rings. The summed E-state index contributed by atoms with van der Waals surface area (Å²) in [5.74, 6) is 0. The summed E-state index contributed by atoms with van der Waals surface area (Å²) in [4.78, 5) is 0. The first-order valence-corrected chi connectivity index (χ1v) is 1.72. The van der Waals surface area contributed by atoms with E-state index in [1.165, 1.54) is 0 Å². The Bertz CT molecular complexity index is 70.3. The molecular formula is C5H5F3Ti. The molecule has 0 aromatic carbocycles. The second-order valence-electron chi connectivity index (χ2n) is 1.00. The third kappa shape index (κ3) is 11.5. The van der Waals surface area contributed by atoms with E-state index in [1.807, 2.05) is 12.2 Å². The fraction of sp³-hybridized carbons (Fsp3) is 0.200. The first-order chi connectivity index (χ1) is 2.50. The first kappa shape index (κ1) is 23.1. The molecule has 0 saturated carbocycles. The molecule has 50 valence electrons. The molecule has 0 radical (unpaired) electrons. The smallest absolute Gasteiger partial charge is 1.00 e. The number of hydrogen-bond acceptors (Lipinski definition) is 0. The Morgan fingerprint density at radius 1 is 1.11 bits per heavy atom. The molecule has 1 rings (SSSR count). The monoisotopic (exact) mass is 170 g/mol. The number of allylic oxidation sites excluding steroid dienone is 4. The van der Waals surface area contributed by atoms with Gasteiger partial charge >= 0.3 is 21.7 Å². The number of rotatable bonds is 0. The molecular weight excluding hydrogens is 165 g/mol. The zero-order valence-corrected chi connectivity index (χ0v) is 6.13. The van der Waals surface area contributed by atoms with Crippen LogP contribution in [0.5, 0.6) is 0 Å². The van der Waals surface area contributed by atoms with E-state index in [4.69, 9.17) is 0 Å². The van der Waals surface area contributed by atoms with Gasteiger partial charge in [-0.15, -0.1) is 6.42 Å². The van der Waals surface area contributed by atoms with Gasteiger partial charge in [0.05, 0.1) is 0 Å². The van der Waals surface area contributed by atoms with Crippen molar-refractivity contribution >= 4 is 0 Å². The van der Waals surface area contributed by atoms with Gasteiger partial charge in [0.25, 0.3) is 0 Å². The summed E-state index contributed by atoms with van der Waals surface area (Å²) in [7, 11) is 0. The number of halogens is 3. The summed E-state index contributed by atoms with van der Waals surface area (Å²) in [5, 5.41) is 0. The van der Waals surface area contributed by atoms with Crippen LogP contribution in [0.15, 0.2) is 18.2 Å². The van der Waals surface area contributed by atoms with E-state index in [9.17, 15) is 0 Å². The van der Waals surface area contributed by atoms with E-state index >= 15 is 0 Å². The van der Waals surface area contributed by atoms with Gasteiger partial charge < -0.3 is 14.1 Å². The third-order valence-electron chi connectivity index (χ3n) is 0.586. The van der Waals surface area contributed by atoms with Crippen LogP contribution >= 0.6 is 0 Å². The molecule has 9 heavy (non-hydrogen) atoms. The molecule has 0 bridgehead atoms. The standard InChI is InChI=1S/C5H5.3FH.Ti/c1-2-4-5-3-1;;;;/h1-3H,4H2;3*1H;/q-1;;;;+4/p-3. The zero-order valence-electron chi connectivity index (χ0n) is 4.57. The van der Waals surface area contributed by atoms with Crippen molar-refractivity contribution in [2.45, 2.75) is 6.42 Å². The molecule has 1 aliphatic carbocycles. The van der Waals surface area contributed by atoms with Gasteiger partial charge in [0.15, 0.2) is 0 Å². The normalized spacial score (nSPS) is 9.78. The van der Waals surface area contributed by atoms with Gasteiger partial charge in [-0.1, -0.05) is 0 Å². The maximum atomic E-state index is 2.99. The molecule has 0 aromatic rings. The van der Waals surface area contributed by atoms with Crippen LogP contribution in [0, 0.1) is 6.08 Å². The quantitative estimate of drug-likeness (QED) is 0.250. The molecule has 0 atom stereocenters. The minimum atomic E-state index is 0. The van der Waals surface area contributed by atoms with Gasteiger partial charge in [0.2, 0.25) is 0 Å². The van der Waals surface area contributed by atoms with E-state index < -0.39 is 0 Å². The molecule has 0 aromatic heterocycles. The SMILES string of the molecule is [C-]1=CC=CC1.[F-].[F-].[F-].[Ti+4]. The number of hydrogen-bond donors (Lipinski definition) is 0. The van der Waals surface area contributed by atoms with E-state index in [2.05, 4.69) is 12.2 Å². The molecule has 0 N–H and O–H groups in total. The van der Waals surface area contributed by atoms with E-state index in [-0.39, 0.29) is 35.8 Å². The van der Waals surface area contributed by atoms with E-state index in [0.717, 1.165) is 6.42 Å². The Morgan fingerprint density at radius 3 is 1.78 bits per heavy atom. The van der Waals surface area contributed by atoms with Crippen molar-refractivity contribution < 1.29 is 35.8 Å². The average Bonchev–Trinajstić information content (AvgIpc) is 1.76. The Morgan fingerprint density at radius 2 is 1.67 bits per heavy atom. The first-order valence-electron chi connectivity index (χ1n) is 1.72. The Labute approximate surface area is 67.0 Å². The molecule has 0 unspecified atom stereocenters. The fourth-order valence-corrected chi connectivity index (χ4v) is 0.340. The predicted octanol–water partition coefficient (Wildman–Crippen LogP) is -7.68. The summed E-state index contributed by atoms with van der Waals surface area (Å²) in [5.41, 5.74) is 0. The predicted molar refractivity (Wildman–Crippen MR) is 21.6 cm³/mol. The summed E-state index contributed by atoms with van der Waals surface area (Å²) < 4.78 is 0. The maximum Gasteiger partial charge on any atom is 4.00 e. The molecule has 0 spiro atoms. The van der Waals surface area contributed by atoms with Crippen LogP contribution < -0.4 is 14.1 Å². The van der Waals surface area contributed by atoms with Crippen LogP contribution in [-0.4, -0.2) is 0 Å². The zero-order chi connectivity index (χ0) is 3.54. The van der Waals surface area contributed by atoms with Crippen molar-refractivity contribution in [3.05, 3.63) is 24.3 Å². The summed E-state index contributed by atoms with van der Waals surface area (Å²) in [6.07, 6.45) is 10.0. The van der Waals surface area contributed by atoms with Crippen molar-refractivity contribution in [3.8, 4) is 0 Å². The topological polar surface area (TPSA) is 0 Å². The molecule has 0 nitrogen and oxygen atoms in total. The van der Waals surface area contributed by atoms with Crippen molar-refractivity contribution in [2.75, 3.05) is 0 Å². The van der Waals surface area contributed by atoms with E-state index in [1.54, 1.807) is 0 Å². The van der Waals surface area contributed by atoms with Gasteiger partial charge in [0.1, 0.15) is 0 Å². The van der Waals surface area contributed by atoms with E-state index in [0.29, 0.717) is 0 Å². The van der Waals surface area contributed by atoms with Crippen LogP contribution in [-0.2, 0) is 21.7 Å². The second kappa shape index (κ2) is 15.7. The Hall–Kier alpha value is -0.0157. The average molecular weight is 170 g/mol. The summed E-state index contributed by atoms with van der Waals surface area (Å²) >= 11 is 0. The molecule has 0 saturated heterocycles. The Balaban J connectivity index is -0.0000000312. The molecule has 0 heterocycles. The van der Waals surface area contributed by atoms with Crippen LogP contribution in [0.25, 0.3) is 0 Å². The van der Waals surface area contributed by atoms with Gasteiger partial charge in [-0.2, -0.15) is 6.08 Å². The summed E-state index contributed by atoms with van der Waals surface area (Å²) in [6, 6.07) is 0. The maximum absolute atomic E-state index is 2.99. The van der Waals surface area contributed by atoms with Crippen molar-refractivity contribution in [2.24, 2.45) is 0 Å². The van der Waals surface area contributed by atoms with Crippen molar-refractivity contribution in [3.63, 3.8) is 0 Å². The van der Waals surface area contributed by atoms with Crippen molar-refractivity contribution in [1.29, 1.82) is 0 Å². The van der Waals surface area contributed by atoms with Crippen molar-refractivity contribution in [1.82, 2.24) is 0 Å². The van der Waals surface area contributed by atoms with Crippen LogP contribution in [0.1, 0.15) is 6.42 Å². The fourth-order valence-electron chi connectivity index (χ4n) is 0.340. The minimum Gasteiger partial charge on any atom is -1.00 e. The van der Waals surface area contributed by atoms with Crippen LogP contribution in [0.4, 0.5) is 0 Å².